The van der Waals surface area contributed by atoms with E-state index in [0.29, 0.717) is 17.1 Å². The number of carbonyl (C=O) groups excluding carboxylic acids is 1. The molecule has 1 fully saturated rings. The molecule has 0 heterocycles. The van der Waals surface area contributed by atoms with Crippen molar-refractivity contribution in [1.29, 1.82) is 0 Å². The zero-order valence-electron chi connectivity index (χ0n) is 11.3. The van der Waals surface area contributed by atoms with Crippen LogP contribution in [-0.2, 0) is 0 Å². The molecule has 110 valence electrons. The first-order chi connectivity index (χ1) is 9.63. The molecule has 1 amide bonds. The second-order valence-corrected chi connectivity index (χ2v) is 6.46. The van der Waals surface area contributed by atoms with E-state index in [4.69, 9.17) is 11.6 Å². The molecule has 0 aromatic heterocycles. The van der Waals surface area contributed by atoms with E-state index in [1.165, 1.54) is 6.42 Å². The van der Waals surface area contributed by atoms with Gasteiger partial charge < -0.3 is 10.0 Å². The molecule has 0 spiro atoms. The third-order valence-electron chi connectivity index (χ3n) is 3.78. The van der Waals surface area contributed by atoms with Gasteiger partial charge in [0.15, 0.2) is 0 Å². The lowest BCUT2D eigenvalue weighted by Crippen LogP contribution is -2.43. The number of halogens is 2. The molecule has 1 aliphatic rings. The monoisotopic (exact) mass is 359 g/mol. The van der Waals surface area contributed by atoms with Crippen molar-refractivity contribution in [1.82, 2.24) is 4.90 Å². The van der Waals surface area contributed by atoms with Crippen molar-refractivity contribution in [3.8, 4) is 0 Å². The van der Waals surface area contributed by atoms with Gasteiger partial charge >= 0.3 is 0 Å². The summed E-state index contributed by atoms with van der Waals surface area (Å²) in [6, 6.07) is 5.50. The molecule has 1 aromatic rings. The van der Waals surface area contributed by atoms with E-state index in [2.05, 4.69) is 15.9 Å². The fourth-order valence-electron chi connectivity index (χ4n) is 2.77. The summed E-state index contributed by atoms with van der Waals surface area (Å²) in [5, 5.41) is 9.71. The molecule has 0 radical (unpaired) electrons. The number of hydrogen-bond donors (Lipinski definition) is 1. The maximum absolute atomic E-state index is 12.7. The van der Waals surface area contributed by atoms with E-state index in [-0.39, 0.29) is 18.6 Å². The number of benzene rings is 1. The Balaban J connectivity index is 2.23. The first kappa shape index (κ1) is 15.8. The number of aliphatic hydroxyl groups excluding tert-OH is 1. The highest BCUT2D eigenvalue weighted by molar-refractivity contribution is 9.10. The molecule has 0 bridgehead atoms. The minimum absolute atomic E-state index is 0.0200. The number of hydrogen-bond acceptors (Lipinski definition) is 2. The van der Waals surface area contributed by atoms with Gasteiger partial charge in [0.2, 0.25) is 0 Å². The third-order valence-corrected chi connectivity index (χ3v) is 4.60. The molecule has 3 nitrogen and oxygen atoms in total. The number of nitrogens with zero attached hydrogens (tertiary/aromatic N) is 1. The fourth-order valence-corrected chi connectivity index (χ4v) is 3.33. The number of aliphatic hydroxyl groups is 1. The topological polar surface area (TPSA) is 40.5 Å². The van der Waals surface area contributed by atoms with Crippen molar-refractivity contribution in [3.05, 3.63) is 33.3 Å². The Kier molecular flexibility index (Phi) is 5.87. The standard InChI is InChI=1S/C15H19BrClNO2/c16-11-6-7-14(17)13(10-11)15(20)18(8-9-19)12-4-2-1-3-5-12/h6-7,10,12,19H,1-5,8-9H2. The van der Waals surface area contributed by atoms with Gasteiger partial charge in [0.05, 0.1) is 17.2 Å². The fraction of sp³-hybridized carbons (Fsp3) is 0.533. The smallest absolute Gasteiger partial charge is 0.255 e. The maximum Gasteiger partial charge on any atom is 0.255 e. The average molecular weight is 361 g/mol. The summed E-state index contributed by atoms with van der Waals surface area (Å²) in [5.74, 6) is -0.0859. The summed E-state index contributed by atoms with van der Waals surface area (Å²) in [6.45, 7) is 0.347. The molecule has 0 saturated heterocycles. The van der Waals surface area contributed by atoms with Crippen molar-refractivity contribution in [3.63, 3.8) is 0 Å². The SMILES string of the molecule is O=C(c1cc(Br)ccc1Cl)N(CCO)C1CCCCC1. The van der Waals surface area contributed by atoms with Crippen molar-refractivity contribution in [2.45, 2.75) is 38.1 Å². The van der Waals surface area contributed by atoms with Crippen molar-refractivity contribution in [2.75, 3.05) is 13.2 Å². The predicted molar refractivity (Wildman–Crippen MR) is 84.1 cm³/mol. The Hall–Kier alpha value is -0.580. The highest BCUT2D eigenvalue weighted by Crippen LogP contribution is 2.27. The molecule has 1 saturated carbocycles. The van der Waals surface area contributed by atoms with E-state index < -0.39 is 0 Å². The molecule has 0 atom stereocenters. The Labute approximate surface area is 133 Å². The number of rotatable bonds is 4. The van der Waals surface area contributed by atoms with E-state index in [9.17, 15) is 9.90 Å². The van der Waals surface area contributed by atoms with Crippen LogP contribution in [0.1, 0.15) is 42.5 Å². The zero-order valence-corrected chi connectivity index (χ0v) is 13.7. The third kappa shape index (κ3) is 3.74. The van der Waals surface area contributed by atoms with Crippen LogP contribution < -0.4 is 0 Å². The van der Waals surface area contributed by atoms with Crippen LogP contribution in [0.3, 0.4) is 0 Å². The van der Waals surface area contributed by atoms with Gasteiger partial charge in [-0.3, -0.25) is 4.79 Å². The van der Waals surface area contributed by atoms with Gasteiger partial charge in [-0.05, 0) is 31.0 Å². The normalized spacial score (nSPS) is 16.1. The summed E-state index contributed by atoms with van der Waals surface area (Å²) < 4.78 is 0.831. The van der Waals surface area contributed by atoms with Gasteiger partial charge in [-0.1, -0.05) is 46.8 Å². The van der Waals surface area contributed by atoms with Gasteiger partial charge in [-0.2, -0.15) is 0 Å². The van der Waals surface area contributed by atoms with Crippen molar-refractivity contribution in [2.24, 2.45) is 0 Å². The minimum atomic E-state index is -0.0859. The van der Waals surface area contributed by atoms with Crippen molar-refractivity contribution < 1.29 is 9.90 Å². The molecule has 0 aliphatic heterocycles. The van der Waals surface area contributed by atoms with E-state index in [1.54, 1.807) is 17.0 Å². The Morgan fingerprint density at radius 3 is 2.70 bits per heavy atom. The largest absolute Gasteiger partial charge is 0.395 e. The number of amides is 1. The highest BCUT2D eigenvalue weighted by atomic mass is 79.9. The lowest BCUT2D eigenvalue weighted by Gasteiger charge is -2.34. The highest BCUT2D eigenvalue weighted by Gasteiger charge is 2.27. The summed E-state index contributed by atoms with van der Waals surface area (Å²) in [6.07, 6.45) is 5.54. The van der Waals surface area contributed by atoms with Crippen LogP contribution in [0.25, 0.3) is 0 Å². The van der Waals surface area contributed by atoms with Crippen LogP contribution in [0.4, 0.5) is 0 Å². The summed E-state index contributed by atoms with van der Waals surface area (Å²) in [4.78, 5) is 14.5. The summed E-state index contributed by atoms with van der Waals surface area (Å²) in [7, 11) is 0. The van der Waals surface area contributed by atoms with Crippen LogP contribution in [0, 0.1) is 0 Å². The lowest BCUT2D eigenvalue weighted by molar-refractivity contribution is 0.0585. The van der Waals surface area contributed by atoms with E-state index in [0.717, 1.165) is 30.2 Å². The summed E-state index contributed by atoms with van der Waals surface area (Å²) in [5.41, 5.74) is 0.500. The molecular weight excluding hydrogens is 342 g/mol. The van der Waals surface area contributed by atoms with E-state index in [1.807, 2.05) is 6.07 Å². The quantitative estimate of drug-likeness (QED) is 0.885. The minimum Gasteiger partial charge on any atom is -0.395 e. The second-order valence-electron chi connectivity index (χ2n) is 5.14. The van der Waals surface area contributed by atoms with Crippen molar-refractivity contribution >= 4 is 33.4 Å². The van der Waals surface area contributed by atoms with Crippen LogP contribution >= 0.6 is 27.5 Å². The summed E-state index contributed by atoms with van der Waals surface area (Å²) >= 11 is 9.51. The van der Waals surface area contributed by atoms with Crippen LogP contribution in [0.15, 0.2) is 22.7 Å². The molecule has 20 heavy (non-hydrogen) atoms. The molecule has 1 aromatic carbocycles. The van der Waals surface area contributed by atoms with Crippen LogP contribution in [0.5, 0.6) is 0 Å². The zero-order chi connectivity index (χ0) is 14.5. The average Bonchev–Trinajstić information content (AvgIpc) is 2.47. The van der Waals surface area contributed by atoms with Gasteiger partial charge in [-0.15, -0.1) is 0 Å². The Morgan fingerprint density at radius 1 is 1.35 bits per heavy atom. The molecule has 1 N–H and O–H groups in total. The van der Waals surface area contributed by atoms with E-state index >= 15 is 0 Å². The van der Waals surface area contributed by atoms with Gasteiger partial charge in [0, 0.05) is 17.1 Å². The first-order valence-corrected chi connectivity index (χ1v) is 8.17. The molecular formula is C15H19BrClNO2. The number of carbonyl (C=O) groups is 1. The molecule has 0 unspecified atom stereocenters. The van der Waals surface area contributed by atoms with Crippen LogP contribution in [0.2, 0.25) is 5.02 Å². The predicted octanol–water partition coefficient (Wildman–Crippen LogP) is 3.87. The molecule has 2 rings (SSSR count). The molecule has 5 heteroatoms. The molecule has 1 aliphatic carbocycles. The maximum atomic E-state index is 12.7. The Bertz CT molecular complexity index is 475. The second kappa shape index (κ2) is 7.43. The Morgan fingerprint density at radius 2 is 2.05 bits per heavy atom. The first-order valence-electron chi connectivity index (χ1n) is 7.00. The van der Waals surface area contributed by atoms with Gasteiger partial charge in [0.1, 0.15) is 0 Å². The van der Waals surface area contributed by atoms with Gasteiger partial charge in [-0.25, -0.2) is 0 Å². The van der Waals surface area contributed by atoms with Gasteiger partial charge in [0.25, 0.3) is 5.91 Å². The lowest BCUT2D eigenvalue weighted by atomic mass is 9.93. The van der Waals surface area contributed by atoms with Crippen LogP contribution in [-0.4, -0.2) is 35.1 Å².